The maximum absolute atomic E-state index is 13.5. The van der Waals surface area contributed by atoms with Gasteiger partial charge >= 0.3 is 0 Å². The van der Waals surface area contributed by atoms with E-state index in [-0.39, 0.29) is 12.1 Å². The molecule has 3 nitrogen and oxygen atoms in total. The average molecular weight is 260 g/mol. The number of benzene rings is 1. The van der Waals surface area contributed by atoms with Gasteiger partial charge in [0.25, 0.3) is 0 Å². The van der Waals surface area contributed by atoms with E-state index in [4.69, 9.17) is 4.42 Å². The number of aromatic nitrogens is 2. The third-order valence-electron chi connectivity index (χ3n) is 2.82. The number of nitrogens with zero attached hydrogens (tertiary/aromatic N) is 2. The lowest BCUT2D eigenvalue weighted by Crippen LogP contribution is -2.04. The second-order valence-corrected chi connectivity index (χ2v) is 4.10. The Kier molecular flexibility index (Phi) is 2.87. The van der Waals surface area contributed by atoms with Gasteiger partial charge in [0.1, 0.15) is 17.4 Å². The summed E-state index contributed by atoms with van der Waals surface area (Å²) in [7, 11) is 0. The molecule has 0 bridgehead atoms. The first-order chi connectivity index (χ1) is 9.24. The predicted octanol–water partition coefficient (Wildman–Crippen LogP) is 3.47. The Morgan fingerprint density at radius 3 is 2.58 bits per heavy atom. The van der Waals surface area contributed by atoms with Crippen molar-refractivity contribution < 1.29 is 13.2 Å². The molecule has 0 amide bonds. The first-order valence-electron chi connectivity index (χ1n) is 5.73. The lowest BCUT2D eigenvalue weighted by atomic mass is 10.2. The zero-order valence-electron chi connectivity index (χ0n) is 9.88. The number of furan rings is 1. The highest BCUT2D eigenvalue weighted by Gasteiger charge is 2.10. The molecule has 0 radical (unpaired) electrons. The highest BCUT2D eigenvalue weighted by molar-refractivity contribution is 5.54. The van der Waals surface area contributed by atoms with E-state index in [0.29, 0.717) is 5.76 Å². The fourth-order valence-corrected chi connectivity index (χ4v) is 1.87. The molecule has 19 heavy (non-hydrogen) atoms. The molecule has 0 saturated carbocycles. The van der Waals surface area contributed by atoms with Gasteiger partial charge in [-0.1, -0.05) is 6.07 Å². The van der Waals surface area contributed by atoms with Crippen LogP contribution in [-0.2, 0) is 6.54 Å². The fraction of sp³-hybridized carbons (Fsp3) is 0.0714. The molecule has 0 aliphatic rings. The highest BCUT2D eigenvalue weighted by atomic mass is 19.1. The van der Waals surface area contributed by atoms with Crippen molar-refractivity contribution in [1.29, 1.82) is 0 Å². The molecule has 3 rings (SSSR count). The number of halogens is 2. The van der Waals surface area contributed by atoms with Crippen LogP contribution in [0.15, 0.2) is 53.4 Å². The van der Waals surface area contributed by atoms with E-state index in [1.54, 1.807) is 30.8 Å². The molecule has 96 valence electrons. The monoisotopic (exact) mass is 260 g/mol. The normalized spacial score (nSPS) is 10.8. The van der Waals surface area contributed by atoms with E-state index in [1.807, 2.05) is 0 Å². The van der Waals surface area contributed by atoms with Crippen LogP contribution in [0, 0.1) is 11.6 Å². The van der Waals surface area contributed by atoms with Crippen LogP contribution in [0.3, 0.4) is 0 Å². The maximum atomic E-state index is 13.5. The molecule has 3 aromatic rings. The quantitative estimate of drug-likeness (QED) is 0.722. The average Bonchev–Trinajstić information content (AvgIpc) is 3.04. The summed E-state index contributed by atoms with van der Waals surface area (Å²) in [4.78, 5) is 0. The molecule has 0 atom stereocenters. The summed E-state index contributed by atoms with van der Waals surface area (Å²) in [6.07, 6.45) is 4.84. The van der Waals surface area contributed by atoms with E-state index in [0.717, 1.165) is 5.56 Å². The second kappa shape index (κ2) is 4.68. The molecule has 1 aromatic carbocycles. The summed E-state index contributed by atoms with van der Waals surface area (Å²) in [5, 5.41) is 4.07. The number of hydrogen-bond donors (Lipinski definition) is 0. The summed E-state index contributed by atoms with van der Waals surface area (Å²) in [6.45, 7) is 0.0409. The fourth-order valence-electron chi connectivity index (χ4n) is 1.87. The number of hydrogen-bond acceptors (Lipinski definition) is 2. The summed E-state index contributed by atoms with van der Waals surface area (Å²) in [5.41, 5.74) is 0.762. The largest absolute Gasteiger partial charge is 0.464 e. The van der Waals surface area contributed by atoms with Crippen LogP contribution in [0.2, 0.25) is 0 Å². The summed E-state index contributed by atoms with van der Waals surface area (Å²) in [6, 6.07) is 7.37. The highest BCUT2D eigenvalue weighted by Crippen LogP contribution is 2.20. The van der Waals surface area contributed by atoms with Crippen molar-refractivity contribution in [3.8, 4) is 11.3 Å². The summed E-state index contributed by atoms with van der Waals surface area (Å²) < 4.78 is 33.7. The molecule has 0 saturated heterocycles. The van der Waals surface area contributed by atoms with Crippen molar-refractivity contribution in [2.45, 2.75) is 6.54 Å². The van der Waals surface area contributed by atoms with Crippen molar-refractivity contribution in [3.05, 3.63) is 66.2 Å². The minimum atomic E-state index is -0.574. The minimum absolute atomic E-state index is 0.00315. The van der Waals surface area contributed by atoms with Crippen LogP contribution >= 0.6 is 0 Å². The Morgan fingerprint density at radius 1 is 1.11 bits per heavy atom. The van der Waals surface area contributed by atoms with Crippen molar-refractivity contribution in [2.24, 2.45) is 0 Å². The minimum Gasteiger partial charge on any atom is -0.464 e. The van der Waals surface area contributed by atoms with Crippen LogP contribution < -0.4 is 0 Å². The molecular formula is C14H10F2N2O. The Balaban J connectivity index is 1.88. The van der Waals surface area contributed by atoms with Crippen LogP contribution in [0.4, 0.5) is 8.78 Å². The van der Waals surface area contributed by atoms with E-state index in [9.17, 15) is 8.78 Å². The lowest BCUT2D eigenvalue weighted by Gasteiger charge is -2.04. The molecule has 0 aliphatic carbocycles. The molecule has 0 N–H and O–H groups in total. The van der Waals surface area contributed by atoms with Crippen molar-refractivity contribution in [1.82, 2.24) is 9.78 Å². The summed E-state index contributed by atoms with van der Waals surface area (Å²) in [5.74, 6) is -0.481. The Hall–Kier alpha value is -2.43. The van der Waals surface area contributed by atoms with Crippen LogP contribution in [0.5, 0.6) is 0 Å². The standard InChI is InChI=1S/C14H10F2N2O/c15-12-3-1-4-13(16)11(12)9-18-8-10(7-17-18)14-5-2-6-19-14/h1-8H,9H2. The van der Waals surface area contributed by atoms with Gasteiger partial charge in [0.2, 0.25) is 0 Å². The smallest absolute Gasteiger partial charge is 0.137 e. The molecule has 0 fully saturated rings. The van der Waals surface area contributed by atoms with Crippen LogP contribution in [0.1, 0.15) is 5.56 Å². The lowest BCUT2D eigenvalue weighted by molar-refractivity contribution is 0.533. The van der Waals surface area contributed by atoms with Crippen LogP contribution in [-0.4, -0.2) is 9.78 Å². The molecular weight excluding hydrogens is 250 g/mol. The van der Waals surface area contributed by atoms with Gasteiger partial charge in [-0.3, -0.25) is 4.68 Å². The SMILES string of the molecule is Fc1cccc(F)c1Cn1cc(-c2ccco2)cn1. The van der Waals surface area contributed by atoms with E-state index in [1.165, 1.54) is 22.9 Å². The Morgan fingerprint density at radius 2 is 1.89 bits per heavy atom. The topological polar surface area (TPSA) is 31.0 Å². The van der Waals surface area contributed by atoms with Crippen molar-refractivity contribution in [2.75, 3.05) is 0 Å². The summed E-state index contributed by atoms with van der Waals surface area (Å²) >= 11 is 0. The zero-order chi connectivity index (χ0) is 13.2. The molecule has 0 unspecified atom stereocenters. The van der Waals surface area contributed by atoms with Crippen molar-refractivity contribution >= 4 is 0 Å². The van der Waals surface area contributed by atoms with Gasteiger partial charge in [0.05, 0.1) is 24.6 Å². The van der Waals surface area contributed by atoms with E-state index >= 15 is 0 Å². The molecule has 0 spiro atoms. The van der Waals surface area contributed by atoms with E-state index in [2.05, 4.69) is 5.10 Å². The van der Waals surface area contributed by atoms with Gasteiger partial charge in [-0.05, 0) is 24.3 Å². The maximum Gasteiger partial charge on any atom is 0.137 e. The molecule has 5 heteroatoms. The first-order valence-corrected chi connectivity index (χ1v) is 5.73. The Labute approximate surface area is 108 Å². The zero-order valence-corrected chi connectivity index (χ0v) is 9.88. The van der Waals surface area contributed by atoms with Gasteiger partial charge < -0.3 is 4.42 Å². The molecule has 2 aromatic heterocycles. The Bertz CT molecular complexity index is 669. The second-order valence-electron chi connectivity index (χ2n) is 4.10. The van der Waals surface area contributed by atoms with Crippen molar-refractivity contribution in [3.63, 3.8) is 0 Å². The predicted molar refractivity (Wildman–Crippen MR) is 65.4 cm³/mol. The van der Waals surface area contributed by atoms with E-state index < -0.39 is 11.6 Å². The van der Waals surface area contributed by atoms with Gasteiger partial charge in [0.15, 0.2) is 0 Å². The molecule has 0 aliphatic heterocycles. The third-order valence-corrected chi connectivity index (χ3v) is 2.82. The van der Waals surface area contributed by atoms with Crippen LogP contribution in [0.25, 0.3) is 11.3 Å². The number of rotatable bonds is 3. The van der Waals surface area contributed by atoms with Gasteiger partial charge in [-0.25, -0.2) is 8.78 Å². The van der Waals surface area contributed by atoms with Gasteiger partial charge in [0, 0.05) is 11.8 Å². The van der Waals surface area contributed by atoms with Gasteiger partial charge in [-0.2, -0.15) is 5.10 Å². The molecule has 2 heterocycles. The first kappa shape index (κ1) is 11.6. The van der Waals surface area contributed by atoms with Gasteiger partial charge in [-0.15, -0.1) is 0 Å². The third kappa shape index (κ3) is 2.27.